The number of hydrogen-bond donors (Lipinski definition) is 0. The number of thioether (sulfide) groups is 1. The zero-order chi connectivity index (χ0) is 20.1. The summed E-state index contributed by atoms with van der Waals surface area (Å²) in [6.45, 7) is 5.06. The molecule has 0 radical (unpaired) electrons. The van der Waals surface area contributed by atoms with Crippen molar-refractivity contribution in [2.24, 2.45) is 0 Å². The third-order valence-electron chi connectivity index (χ3n) is 4.73. The van der Waals surface area contributed by atoms with Crippen LogP contribution in [0.2, 0.25) is 0 Å². The minimum Gasteiger partial charge on any atom is -0.338 e. The lowest BCUT2D eigenvalue weighted by molar-refractivity contribution is 0.391. The smallest absolute Gasteiger partial charge is 0.237 e. The summed E-state index contributed by atoms with van der Waals surface area (Å²) in [5.74, 6) is 2.72. The predicted octanol–water partition coefficient (Wildman–Crippen LogP) is 4.79. The zero-order valence-corrected chi connectivity index (χ0v) is 17.4. The molecule has 0 aliphatic carbocycles. The van der Waals surface area contributed by atoms with Gasteiger partial charge in [0.2, 0.25) is 11.7 Å². The van der Waals surface area contributed by atoms with Gasteiger partial charge in [0.25, 0.3) is 0 Å². The number of hydrogen-bond acceptors (Lipinski definition) is 6. The van der Waals surface area contributed by atoms with Gasteiger partial charge in [0.05, 0.1) is 5.75 Å². The fraction of sp³-hybridized carbons (Fsp3) is 0.273. The molecule has 6 nitrogen and oxygen atoms in total. The van der Waals surface area contributed by atoms with Crippen molar-refractivity contribution in [2.75, 3.05) is 0 Å². The fourth-order valence-electron chi connectivity index (χ4n) is 3.10. The lowest BCUT2D eigenvalue weighted by Gasteiger charge is -2.06. The van der Waals surface area contributed by atoms with Crippen LogP contribution >= 0.6 is 11.8 Å². The van der Waals surface area contributed by atoms with E-state index in [0.717, 1.165) is 35.9 Å². The minimum atomic E-state index is 0.559. The molecule has 0 fully saturated rings. The number of benzene rings is 2. The molecule has 0 N–H and O–H groups in total. The number of aryl methyl sites for hydroxylation is 1. The van der Waals surface area contributed by atoms with Crippen molar-refractivity contribution in [1.82, 2.24) is 24.9 Å². The van der Waals surface area contributed by atoms with Crippen LogP contribution in [-0.2, 0) is 25.1 Å². The molecule has 0 unspecified atom stereocenters. The van der Waals surface area contributed by atoms with E-state index in [1.807, 2.05) is 30.3 Å². The summed E-state index contributed by atoms with van der Waals surface area (Å²) in [6, 6.07) is 18.6. The Balaban J connectivity index is 1.43. The average Bonchev–Trinajstić information content (AvgIpc) is 3.40. The lowest BCUT2D eigenvalue weighted by atomic mass is 10.1. The Hall–Kier alpha value is -2.93. The van der Waals surface area contributed by atoms with Crippen molar-refractivity contribution in [2.45, 2.75) is 44.1 Å². The Labute approximate surface area is 174 Å². The molecule has 2 aromatic heterocycles. The van der Waals surface area contributed by atoms with E-state index < -0.39 is 0 Å². The summed E-state index contributed by atoms with van der Waals surface area (Å²) >= 11 is 1.56. The van der Waals surface area contributed by atoms with Crippen molar-refractivity contribution in [3.05, 3.63) is 77.4 Å². The largest absolute Gasteiger partial charge is 0.338 e. The summed E-state index contributed by atoms with van der Waals surface area (Å²) in [6.07, 6.45) is 1.78. The molecular weight excluding hydrogens is 382 g/mol. The fourth-order valence-corrected chi connectivity index (χ4v) is 3.96. The molecule has 2 aromatic carbocycles. The maximum Gasteiger partial charge on any atom is 0.237 e. The number of nitrogens with zero attached hydrogens (tertiary/aromatic N) is 5. The highest BCUT2D eigenvalue weighted by Gasteiger charge is 2.14. The summed E-state index contributed by atoms with van der Waals surface area (Å²) in [7, 11) is 0. The number of aromatic nitrogens is 5. The van der Waals surface area contributed by atoms with Gasteiger partial charge in [-0.2, -0.15) is 4.98 Å². The van der Waals surface area contributed by atoms with E-state index in [9.17, 15) is 0 Å². The van der Waals surface area contributed by atoms with E-state index in [1.54, 1.807) is 11.8 Å². The molecule has 0 saturated heterocycles. The molecule has 0 bridgehead atoms. The molecule has 148 valence electrons. The van der Waals surface area contributed by atoms with Gasteiger partial charge in [-0.3, -0.25) is 0 Å². The molecule has 2 heterocycles. The molecule has 0 amide bonds. The summed E-state index contributed by atoms with van der Waals surface area (Å²) in [4.78, 5) is 4.53. The minimum absolute atomic E-state index is 0.559. The van der Waals surface area contributed by atoms with E-state index in [2.05, 4.69) is 63.0 Å². The van der Waals surface area contributed by atoms with Crippen LogP contribution in [0.15, 0.2) is 64.3 Å². The Morgan fingerprint density at radius 1 is 0.931 bits per heavy atom. The standard InChI is InChI=1S/C22H23N5OS/c1-3-16-10-12-18(13-11-16)21-23-20(28-26-21)15-29-22-25-24-19(27(22)4-2)14-17-8-6-5-7-9-17/h5-13H,3-4,14-15H2,1-2H3. The Bertz CT molecular complexity index is 1060. The monoisotopic (exact) mass is 405 g/mol. The van der Waals surface area contributed by atoms with Crippen LogP contribution in [0.4, 0.5) is 0 Å². The highest BCUT2D eigenvalue weighted by atomic mass is 32.2. The maximum atomic E-state index is 5.43. The van der Waals surface area contributed by atoms with Gasteiger partial charge in [-0.1, -0.05) is 78.4 Å². The van der Waals surface area contributed by atoms with Crippen LogP contribution in [0.3, 0.4) is 0 Å². The number of rotatable bonds is 8. The van der Waals surface area contributed by atoms with Gasteiger partial charge in [-0.15, -0.1) is 10.2 Å². The molecule has 0 aliphatic rings. The second kappa shape index (κ2) is 9.05. The van der Waals surface area contributed by atoms with Crippen molar-refractivity contribution >= 4 is 11.8 Å². The van der Waals surface area contributed by atoms with Crippen molar-refractivity contribution in [3.8, 4) is 11.4 Å². The van der Waals surface area contributed by atoms with E-state index in [4.69, 9.17) is 4.52 Å². The normalized spacial score (nSPS) is 11.1. The molecule has 4 aromatic rings. The first kappa shape index (κ1) is 19.4. The molecule has 4 rings (SSSR count). The first-order chi connectivity index (χ1) is 14.3. The van der Waals surface area contributed by atoms with Crippen LogP contribution in [0, 0.1) is 0 Å². The first-order valence-corrected chi connectivity index (χ1v) is 10.8. The van der Waals surface area contributed by atoms with Gasteiger partial charge in [0.15, 0.2) is 5.16 Å². The second-order valence-corrected chi connectivity index (χ2v) is 7.60. The molecule has 0 aliphatic heterocycles. The van der Waals surface area contributed by atoms with Crippen LogP contribution in [0.5, 0.6) is 0 Å². The summed E-state index contributed by atoms with van der Waals surface area (Å²) in [5.41, 5.74) is 3.48. The first-order valence-electron chi connectivity index (χ1n) is 9.77. The summed E-state index contributed by atoms with van der Waals surface area (Å²) in [5, 5.41) is 13.7. The molecule has 7 heteroatoms. The lowest BCUT2D eigenvalue weighted by Crippen LogP contribution is -2.04. The molecule has 0 atom stereocenters. The van der Waals surface area contributed by atoms with Gasteiger partial charge in [0, 0.05) is 18.5 Å². The zero-order valence-electron chi connectivity index (χ0n) is 16.6. The van der Waals surface area contributed by atoms with Gasteiger partial charge < -0.3 is 9.09 Å². The van der Waals surface area contributed by atoms with Gasteiger partial charge >= 0.3 is 0 Å². The van der Waals surface area contributed by atoms with E-state index in [1.165, 1.54) is 11.1 Å². The molecule has 29 heavy (non-hydrogen) atoms. The van der Waals surface area contributed by atoms with Crippen molar-refractivity contribution in [1.29, 1.82) is 0 Å². The van der Waals surface area contributed by atoms with Gasteiger partial charge in [-0.05, 0) is 24.5 Å². The predicted molar refractivity (Wildman–Crippen MR) is 114 cm³/mol. The SMILES string of the molecule is CCc1ccc(-c2noc(CSc3nnc(Cc4ccccc4)n3CC)n2)cc1. The van der Waals surface area contributed by atoms with E-state index in [0.29, 0.717) is 17.5 Å². The van der Waals surface area contributed by atoms with Crippen LogP contribution in [0.1, 0.15) is 36.7 Å². The molecule has 0 saturated carbocycles. The summed E-state index contributed by atoms with van der Waals surface area (Å²) < 4.78 is 7.57. The Morgan fingerprint density at radius 3 is 2.45 bits per heavy atom. The Kier molecular flexibility index (Phi) is 6.05. The quantitative estimate of drug-likeness (QED) is 0.393. The van der Waals surface area contributed by atoms with Crippen LogP contribution < -0.4 is 0 Å². The van der Waals surface area contributed by atoms with Crippen molar-refractivity contribution in [3.63, 3.8) is 0 Å². The van der Waals surface area contributed by atoms with E-state index >= 15 is 0 Å². The van der Waals surface area contributed by atoms with Gasteiger partial charge in [0.1, 0.15) is 5.82 Å². The topological polar surface area (TPSA) is 69.6 Å². The van der Waals surface area contributed by atoms with E-state index in [-0.39, 0.29) is 0 Å². The second-order valence-electron chi connectivity index (χ2n) is 6.66. The van der Waals surface area contributed by atoms with Gasteiger partial charge in [-0.25, -0.2) is 0 Å². The highest BCUT2D eigenvalue weighted by Crippen LogP contribution is 2.24. The Morgan fingerprint density at radius 2 is 1.72 bits per heavy atom. The molecule has 0 spiro atoms. The highest BCUT2D eigenvalue weighted by molar-refractivity contribution is 7.98. The van der Waals surface area contributed by atoms with Crippen LogP contribution in [-0.4, -0.2) is 24.9 Å². The third kappa shape index (κ3) is 4.56. The average molecular weight is 406 g/mol. The van der Waals surface area contributed by atoms with Crippen molar-refractivity contribution < 1.29 is 4.52 Å². The third-order valence-corrected chi connectivity index (χ3v) is 5.68. The molecular formula is C22H23N5OS. The maximum absolute atomic E-state index is 5.43. The van der Waals surface area contributed by atoms with Crippen LogP contribution in [0.25, 0.3) is 11.4 Å².